The average molecular weight is 539 g/mol. The van der Waals surface area contributed by atoms with E-state index in [0.717, 1.165) is 75.1 Å². The largest absolute Gasteiger partial charge is 0.492 e. The van der Waals surface area contributed by atoms with Gasteiger partial charge in [0.25, 0.3) is 5.56 Å². The molecule has 0 amide bonds. The number of rotatable bonds is 9. The van der Waals surface area contributed by atoms with Crippen molar-refractivity contribution in [1.29, 1.82) is 0 Å². The second-order valence-corrected chi connectivity index (χ2v) is 10.7. The lowest BCUT2D eigenvalue weighted by molar-refractivity contribution is -0.0126. The first-order valence-corrected chi connectivity index (χ1v) is 13.8. The van der Waals surface area contributed by atoms with Crippen LogP contribution in [0.5, 0.6) is 5.75 Å². The molecule has 9 heteroatoms. The Kier molecular flexibility index (Phi) is 8.31. The number of aromatic amines is 1. The Morgan fingerprint density at radius 3 is 3.00 bits per heavy atom. The molecule has 1 saturated heterocycles. The number of halogens is 1. The lowest BCUT2D eigenvalue weighted by Gasteiger charge is -2.37. The third-order valence-corrected chi connectivity index (χ3v) is 8.13. The van der Waals surface area contributed by atoms with Crippen LogP contribution >= 0.6 is 11.6 Å². The van der Waals surface area contributed by atoms with Crippen molar-refractivity contribution in [2.75, 3.05) is 39.1 Å². The number of aryl methyl sites for hydroxylation is 1. The summed E-state index contributed by atoms with van der Waals surface area (Å²) in [5.41, 5.74) is 8.72. The van der Waals surface area contributed by atoms with Crippen LogP contribution in [-0.4, -0.2) is 60.1 Å². The van der Waals surface area contributed by atoms with Crippen LogP contribution in [0.25, 0.3) is 10.9 Å². The number of hydrogen-bond acceptors (Lipinski definition) is 7. The Bertz CT molecular complexity index is 1370. The number of nitrogens with two attached hydrogens (primary N) is 1. The topological polar surface area (TPSA) is 111 Å². The Balaban J connectivity index is 1.14. The number of H-pyrrole nitrogens is 1. The van der Waals surface area contributed by atoms with Gasteiger partial charge in [-0.2, -0.15) is 0 Å². The number of Topliss-reactive ketones (excluding diaryl/α,β-unsaturated/α-hetero) is 1. The molecule has 38 heavy (non-hydrogen) atoms. The van der Waals surface area contributed by atoms with Gasteiger partial charge in [-0.1, -0.05) is 23.7 Å². The molecule has 2 aliphatic rings. The van der Waals surface area contributed by atoms with Crippen LogP contribution < -0.4 is 16.0 Å². The number of carbonyl (C=O) groups excluding carboxylic acids is 1. The number of hydrogen-bond donors (Lipinski definition) is 2. The molecule has 1 aromatic heterocycles. The maximum Gasteiger partial charge on any atom is 0.258 e. The van der Waals surface area contributed by atoms with E-state index in [9.17, 15) is 9.59 Å². The number of piperidine rings is 1. The third-order valence-electron chi connectivity index (χ3n) is 7.82. The van der Waals surface area contributed by atoms with E-state index in [4.69, 9.17) is 26.8 Å². The molecule has 0 bridgehead atoms. The molecule has 202 valence electrons. The molecule has 0 spiro atoms. The number of nitrogen functional groups attached to an aromatic ring is 1. The predicted molar refractivity (Wildman–Crippen MR) is 149 cm³/mol. The number of carbonyl (C=O) groups is 1. The first-order chi connectivity index (χ1) is 18.4. The van der Waals surface area contributed by atoms with E-state index in [1.54, 1.807) is 19.2 Å². The molecule has 3 heterocycles. The van der Waals surface area contributed by atoms with E-state index in [1.807, 2.05) is 18.2 Å². The molecule has 0 unspecified atom stereocenters. The first-order valence-electron chi connectivity index (χ1n) is 13.4. The number of benzene rings is 2. The second-order valence-electron chi connectivity index (χ2n) is 10.3. The van der Waals surface area contributed by atoms with Crippen molar-refractivity contribution in [2.45, 2.75) is 51.0 Å². The number of anilines is 1. The van der Waals surface area contributed by atoms with Gasteiger partial charge in [0.15, 0.2) is 5.78 Å². The van der Waals surface area contributed by atoms with E-state index in [2.05, 4.69) is 14.9 Å². The first kappa shape index (κ1) is 26.7. The Labute approximate surface area is 227 Å². The highest BCUT2D eigenvalue weighted by molar-refractivity contribution is 6.33. The van der Waals surface area contributed by atoms with E-state index in [1.165, 1.54) is 0 Å². The zero-order valence-electron chi connectivity index (χ0n) is 21.8. The molecule has 0 saturated carbocycles. The molecule has 0 radical (unpaired) electrons. The number of ketones is 1. The van der Waals surface area contributed by atoms with Crippen molar-refractivity contribution in [3.8, 4) is 5.75 Å². The van der Waals surface area contributed by atoms with Gasteiger partial charge in [-0.05, 0) is 69.3 Å². The van der Waals surface area contributed by atoms with E-state index >= 15 is 0 Å². The minimum Gasteiger partial charge on any atom is -0.492 e. The van der Waals surface area contributed by atoms with Crippen LogP contribution in [0.3, 0.4) is 0 Å². The zero-order valence-corrected chi connectivity index (χ0v) is 22.6. The number of nitrogens with zero attached hydrogens (tertiary/aromatic N) is 2. The molecular weight excluding hydrogens is 504 g/mol. The number of ether oxygens (including phenoxy) is 2. The van der Waals surface area contributed by atoms with Gasteiger partial charge in [-0.25, -0.2) is 4.98 Å². The Hall–Kier alpha value is -2.94. The fourth-order valence-corrected chi connectivity index (χ4v) is 5.93. The van der Waals surface area contributed by atoms with Gasteiger partial charge >= 0.3 is 0 Å². The summed E-state index contributed by atoms with van der Waals surface area (Å²) in [6.07, 6.45) is 5.55. The lowest BCUT2D eigenvalue weighted by Crippen LogP contribution is -2.45. The highest BCUT2D eigenvalue weighted by atomic mass is 35.5. The van der Waals surface area contributed by atoms with Gasteiger partial charge < -0.3 is 25.1 Å². The normalized spacial score (nSPS) is 19.7. The van der Waals surface area contributed by atoms with Crippen LogP contribution in [-0.2, 0) is 17.6 Å². The molecule has 2 atom stereocenters. The number of likely N-dealkylation sites (tertiary alicyclic amines) is 1. The number of methoxy groups -OCH3 is 1. The number of aromatic nitrogens is 2. The molecule has 0 aliphatic carbocycles. The summed E-state index contributed by atoms with van der Waals surface area (Å²) in [4.78, 5) is 35.6. The summed E-state index contributed by atoms with van der Waals surface area (Å²) in [7, 11) is 1.72. The Morgan fingerprint density at radius 1 is 1.32 bits per heavy atom. The summed E-state index contributed by atoms with van der Waals surface area (Å²) in [5.74, 6) is 1.50. The van der Waals surface area contributed by atoms with Crippen LogP contribution in [0.15, 0.2) is 35.1 Å². The van der Waals surface area contributed by atoms with Crippen molar-refractivity contribution in [3.05, 3.63) is 62.7 Å². The Morgan fingerprint density at radius 2 is 2.16 bits per heavy atom. The lowest BCUT2D eigenvalue weighted by atomic mass is 9.86. The summed E-state index contributed by atoms with van der Waals surface area (Å²) in [6.45, 7) is 3.23. The van der Waals surface area contributed by atoms with Crippen molar-refractivity contribution in [3.63, 3.8) is 0 Å². The van der Waals surface area contributed by atoms with Crippen LogP contribution in [0.1, 0.15) is 53.8 Å². The van der Waals surface area contributed by atoms with Crippen molar-refractivity contribution in [1.82, 2.24) is 14.9 Å². The fraction of sp³-hybridized carbons (Fsp3) is 0.483. The fourth-order valence-electron chi connectivity index (χ4n) is 5.70. The quantitative estimate of drug-likeness (QED) is 0.236. The van der Waals surface area contributed by atoms with E-state index < -0.39 is 0 Å². The molecule has 2 aromatic carbocycles. The second kappa shape index (κ2) is 11.8. The van der Waals surface area contributed by atoms with E-state index in [-0.39, 0.29) is 23.4 Å². The predicted octanol–water partition coefficient (Wildman–Crippen LogP) is 4.42. The standard InChI is InChI=1S/C29H35ClN4O4/c1-37-25-17-34(12-5-4-10-26-32-23-9-3-2-7-19(23)29(36)33-26)13-11-18(25)15-24(35)21-16-22(30)27(31)20-8-6-14-38-28(20)21/h2-3,7,9,16,18,25H,4-6,8,10-15,17,31H2,1H3,(H,32,33,36)/t18-,25-/m1/s1. The van der Waals surface area contributed by atoms with Crippen LogP contribution in [0, 0.1) is 5.92 Å². The minimum atomic E-state index is -0.0847. The zero-order chi connectivity index (χ0) is 26.6. The molecular formula is C29H35ClN4O4. The summed E-state index contributed by atoms with van der Waals surface area (Å²) in [6, 6.07) is 9.07. The molecule has 3 aromatic rings. The monoisotopic (exact) mass is 538 g/mol. The highest BCUT2D eigenvalue weighted by Gasteiger charge is 2.32. The highest BCUT2D eigenvalue weighted by Crippen LogP contribution is 2.39. The van der Waals surface area contributed by atoms with Gasteiger partial charge in [0, 0.05) is 32.1 Å². The summed E-state index contributed by atoms with van der Waals surface area (Å²) >= 11 is 6.36. The number of unbranched alkanes of at least 4 members (excludes halogenated alkanes) is 1. The molecule has 1 fully saturated rings. The molecule has 5 rings (SSSR count). The average Bonchev–Trinajstić information content (AvgIpc) is 2.93. The number of fused-ring (bicyclic) bond motifs is 2. The summed E-state index contributed by atoms with van der Waals surface area (Å²) in [5, 5.41) is 1.04. The van der Waals surface area contributed by atoms with E-state index in [0.29, 0.717) is 40.4 Å². The maximum atomic E-state index is 13.4. The smallest absolute Gasteiger partial charge is 0.258 e. The van der Waals surface area contributed by atoms with Gasteiger partial charge in [-0.15, -0.1) is 0 Å². The minimum absolute atomic E-state index is 0.0211. The summed E-state index contributed by atoms with van der Waals surface area (Å²) < 4.78 is 11.7. The van der Waals surface area contributed by atoms with Gasteiger partial charge in [0.1, 0.15) is 11.6 Å². The SMILES string of the molecule is CO[C@@H]1CN(CCCCc2nc3ccccc3c(=O)[nH]2)CC[C@@H]1CC(=O)c1cc(Cl)c(N)c2c1OCCC2. The number of nitrogens with one attached hydrogen (secondary N) is 1. The van der Waals surface area contributed by atoms with Crippen molar-refractivity contribution < 1.29 is 14.3 Å². The maximum absolute atomic E-state index is 13.4. The molecule has 3 N–H and O–H groups in total. The van der Waals surface area contributed by atoms with Crippen molar-refractivity contribution in [2.24, 2.45) is 5.92 Å². The van der Waals surface area contributed by atoms with Gasteiger partial charge in [0.05, 0.1) is 39.9 Å². The van der Waals surface area contributed by atoms with Gasteiger partial charge in [-0.3, -0.25) is 9.59 Å². The number of para-hydroxylation sites is 1. The third kappa shape index (κ3) is 5.72. The molecule has 8 nitrogen and oxygen atoms in total. The van der Waals surface area contributed by atoms with Crippen LogP contribution in [0.4, 0.5) is 5.69 Å². The van der Waals surface area contributed by atoms with Crippen LogP contribution in [0.2, 0.25) is 5.02 Å². The van der Waals surface area contributed by atoms with Gasteiger partial charge in [0.2, 0.25) is 0 Å². The van der Waals surface area contributed by atoms with Crippen molar-refractivity contribution >= 4 is 34.0 Å². The molecule has 2 aliphatic heterocycles.